The number of carbonyl (C=O) groups is 3. The summed E-state index contributed by atoms with van der Waals surface area (Å²) in [6.45, 7) is 2.73. The number of hydrogen-bond donors (Lipinski definition) is 1. The number of ether oxygens (including phenoxy) is 1. The number of benzene rings is 1. The molecular weight excluding hydrogens is 353 g/mol. The van der Waals surface area contributed by atoms with Gasteiger partial charge in [-0.25, -0.2) is 4.39 Å². The number of amides is 2. The summed E-state index contributed by atoms with van der Waals surface area (Å²) in [5.74, 6) is -1.40. The minimum atomic E-state index is -0.740. The van der Waals surface area contributed by atoms with Crippen molar-refractivity contribution in [1.29, 1.82) is 0 Å². The Morgan fingerprint density at radius 1 is 1.15 bits per heavy atom. The van der Waals surface area contributed by atoms with E-state index in [1.165, 1.54) is 31.4 Å². The maximum absolute atomic E-state index is 13.1. The van der Waals surface area contributed by atoms with Gasteiger partial charge >= 0.3 is 5.97 Å². The molecule has 1 heterocycles. The first-order valence-corrected chi connectivity index (χ1v) is 9.01. The summed E-state index contributed by atoms with van der Waals surface area (Å²) >= 11 is 0. The maximum Gasteiger partial charge on any atom is 0.305 e. The van der Waals surface area contributed by atoms with Crippen LogP contribution >= 0.6 is 0 Å². The SMILES string of the molecule is COC(=O)CCC[C@H](NC(=O)c1ccc(F)cc1)C(=O)N1CCN(C)CC1. The first-order valence-electron chi connectivity index (χ1n) is 9.01. The normalized spacial score (nSPS) is 15.9. The van der Waals surface area contributed by atoms with E-state index in [9.17, 15) is 18.8 Å². The third kappa shape index (κ3) is 6.32. The zero-order valence-corrected chi connectivity index (χ0v) is 15.7. The molecule has 148 valence electrons. The van der Waals surface area contributed by atoms with E-state index < -0.39 is 17.8 Å². The summed E-state index contributed by atoms with van der Waals surface area (Å²) < 4.78 is 17.7. The lowest BCUT2D eigenvalue weighted by atomic mass is 10.1. The Morgan fingerprint density at radius 3 is 2.37 bits per heavy atom. The van der Waals surface area contributed by atoms with Crippen molar-refractivity contribution in [3.8, 4) is 0 Å². The first-order chi connectivity index (χ1) is 12.9. The molecule has 1 atom stereocenters. The number of piperazine rings is 1. The van der Waals surface area contributed by atoms with Gasteiger partial charge in [0.1, 0.15) is 11.9 Å². The Bertz CT molecular complexity index is 657. The number of esters is 1. The molecule has 1 aromatic rings. The molecule has 7 nitrogen and oxygen atoms in total. The van der Waals surface area contributed by atoms with E-state index in [4.69, 9.17) is 0 Å². The van der Waals surface area contributed by atoms with Gasteiger partial charge in [0.05, 0.1) is 7.11 Å². The summed E-state index contributed by atoms with van der Waals surface area (Å²) in [5.41, 5.74) is 0.278. The van der Waals surface area contributed by atoms with Gasteiger partial charge in [-0.15, -0.1) is 0 Å². The van der Waals surface area contributed by atoms with Crippen LogP contribution in [-0.4, -0.2) is 74.0 Å². The van der Waals surface area contributed by atoms with Gasteiger partial charge < -0.3 is 19.9 Å². The number of likely N-dealkylation sites (N-methyl/N-ethyl adjacent to an activating group) is 1. The fraction of sp³-hybridized carbons (Fsp3) is 0.526. The molecule has 1 fully saturated rings. The second kappa shape index (κ2) is 10.0. The van der Waals surface area contributed by atoms with Crippen molar-refractivity contribution >= 4 is 17.8 Å². The van der Waals surface area contributed by atoms with Crippen LogP contribution in [0.15, 0.2) is 24.3 Å². The smallest absolute Gasteiger partial charge is 0.305 e. The average Bonchev–Trinajstić information content (AvgIpc) is 2.67. The topological polar surface area (TPSA) is 78.9 Å². The lowest BCUT2D eigenvalue weighted by Gasteiger charge is -2.34. The van der Waals surface area contributed by atoms with E-state index in [1.807, 2.05) is 7.05 Å². The van der Waals surface area contributed by atoms with Crippen LogP contribution in [0, 0.1) is 5.82 Å². The van der Waals surface area contributed by atoms with Gasteiger partial charge in [-0.1, -0.05) is 0 Å². The van der Waals surface area contributed by atoms with E-state index >= 15 is 0 Å². The Kier molecular flexibility index (Phi) is 7.72. The fourth-order valence-electron chi connectivity index (χ4n) is 2.90. The summed E-state index contributed by atoms with van der Waals surface area (Å²) in [6.07, 6.45) is 0.920. The summed E-state index contributed by atoms with van der Waals surface area (Å²) in [7, 11) is 3.30. The van der Waals surface area contributed by atoms with Crippen molar-refractivity contribution in [2.45, 2.75) is 25.3 Å². The van der Waals surface area contributed by atoms with Crippen molar-refractivity contribution < 1.29 is 23.5 Å². The fourth-order valence-corrected chi connectivity index (χ4v) is 2.90. The average molecular weight is 379 g/mol. The van der Waals surface area contributed by atoms with Gasteiger partial charge in [0.15, 0.2) is 0 Å². The summed E-state index contributed by atoms with van der Waals surface area (Å²) in [6, 6.07) is 4.40. The van der Waals surface area contributed by atoms with E-state index in [0.717, 1.165) is 13.1 Å². The molecule has 0 radical (unpaired) electrons. The van der Waals surface area contributed by atoms with Crippen LogP contribution < -0.4 is 5.32 Å². The van der Waals surface area contributed by atoms with Crippen LogP contribution in [0.4, 0.5) is 4.39 Å². The van der Waals surface area contributed by atoms with Crippen molar-refractivity contribution in [2.75, 3.05) is 40.3 Å². The summed E-state index contributed by atoms with van der Waals surface area (Å²) in [5, 5.41) is 2.73. The van der Waals surface area contributed by atoms with Gasteiger partial charge in [-0.05, 0) is 44.2 Å². The van der Waals surface area contributed by atoms with Crippen LogP contribution in [0.3, 0.4) is 0 Å². The number of nitrogens with one attached hydrogen (secondary N) is 1. The highest BCUT2D eigenvalue weighted by Gasteiger charge is 2.28. The molecule has 1 aliphatic rings. The predicted molar refractivity (Wildman–Crippen MR) is 97.6 cm³/mol. The highest BCUT2D eigenvalue weighted by atomic mass is 19.1. The Hall–Kier alpha value is -2.48. The van der Waals surface area contributed by atoms with E-state index in [0.29, 0.717) is 25.9 Å². The van der Waals surface area contributed by atoms with Crippen molar-refractivity contribution in [1.82, 2.24) is 15.1 Å². The Balaban J connectivity index is 2.03. The highest BCUT2D eigenvalue weighted by molar-refractivity contribution is 5.97. The zero-order valence-electron chi connectivity index (χ0n) is 15.7. The second-order valence-electron chi connectivity index (χ2n) is 6.63. The van der Waals surface area contributed by atoms with Gasteiger partial charge in [0.25, 0.3) is 5.91 Å². The predicted octanol–water partition coefficient (Wildman–Crippen LogP) is 1.04. The van der Waals surface area contributed by atoms with E-state index in [-0.39, 0.29) is 23.9 Å². The molecule has 0 saturated carbocycles. The standard InChI is InChI=1S/C19H26FN3O4/c1-22-10-12-23(13-11-22)19(26)16(4-3-5-17(24)27-2)21-18(25)14-6-8-15(20)9-7-14/h6-9,16H,3-5,10-13H2,1-2H3,(H,21,25)/t16-/m0/s1. The molecule has 8 heteroatoms. The molecule has 0 spiro atoms. The molecule has 0 bridgehead atoms. The molecule has 1 saturated heterocycles. The number of rotatable bonds is 7. The monoisotopic (exact) mass is 379 g/mol. The van der Waals surface area contributed by atoms with Crippen LogP contribution in [0.25, 0.3) is 0 Å². The lowest BCUT2D eigenvalue weighted by molar-refractivity contribution is -0.141. The third-order valence-corrected chi connectivity index (χ3v) is 4.63. The molecule has 1 aromatic carbocycles. The molecule has 2 amide bonds. The Morgan fingerprint density at radius 2 is 1.78 bits per heavy atom. The number of methoxy groups -OCH3 is 1. The quantitative estimate of drug-likeness (QED) is 0.717. The molecule has 0 aliphatic carbocycles. The lowest BCUT2D eigenvalue weighted by Crippen LogP contribution is -2.54. The molecule has 27 heavy (non-hydrogen) atoms. The molecule has 0 unspecified atom stereocenters. The van der Waals surface area contributed by atoms with E-state index in [1.54, 1.807) is 4.90 Å². The minimum absolute atomic E-state index is 0.163. The van der Waals surface area contributed by atoms with Gasteiger partial charge in [0, 0.05) is 38.2 Å². The third-order valence-electron chi connectivity index (χ3n) is 4.63. The largest absolute Gasteiger partial charge is 0.469 e. The van der Waals surface area contributed by atoms with Gasteiger partial charge in [0.2, 0.25) is 5.91 Å². The number of nitrogens with zero attached hydrogens (tertiary/aromatic N) is 2. The highest BCUT2D eigenvalue weighted by Crippen LogP contribution is 2.10. The molecule has 1 N–H and O–H groups in total. The second-order valence-corrected chi connectivity index (χ2v) is 6.63. The van der Waals surface area contributed by atoms with Crippen molar-refractivity contribution in [2.24, 2.45) is 0 Å². The van der Waals surface area contributed by atoms with Crippen molar-refractivity contribution in [3.05, 3.63) is 35.6 Å². The van der Waals surface area contributed by atoms with Gasteiger partial charge in [-0.2, -0.15) is 0 Å². The van der Waals surface area contributed by atoms with Crippen LogP contribution in [-0.2, 0) is 14.3 Å². The molecule has 2 rings (SSSR count). The van der Waals surface area contributed by atoms with Crippen LogP contribution in [0.1, 0.15) is 29.6 Å². The minimum Gasteiger partial charge on any atom is -0.469 e. The molecular formula is C19H26FN3O4. The first kappa shape index (κ1) is 20.8. The molecule has 1 aliphatic heterocycles. The zero-order chi connectivity index (χ0) is 19.8. The Labute approximate surface area is 158 Å². The number of halogens is 1. The van der Waals surface area contributed by atoms with Crippen LogP contribution in [0.5, 0.6) is 0 Å². The summed E-state index contributed by atoms with van der Waals surface area (Å²) in [4.78, 5) is 40.5. The van der Waals surface area contributed by atoms with Crippen LogP contribution in [0.2, 0.25) is 0 Å². The van der Waals surface area contributed by atoms with E-state index in [2.05, 4.69) is 15.0 Å². The van der Waals surface area contributed by atoms with Gasteiger partial charge in [-0.3, -0.25) is 14.4 Å². The number of carbonyl (C=O) groups excluding carboxylic acids is 3. The molecule has 0 aromatic heterocycles. The maximum atomic E-state index is 13.1. The number of hydrogen-bond acceptors (Lipinski definition) is 5. The van der Waals surface area contributed by atoms with Crippen molar-refractivity contribution in [3.63, 3.8) is 0 Å².